The summed E-state index contributed by atoms with van der Waals surface area (Å²) in [6.07, 6.45) is 6.82. The number of nitrogens with zero attached hydrogens (tertiary/aromatic N) is 2. The first-order valence-electron chi connectivity index (χ1n) is 10.8. The second-order valence-corrected chi connectivity index (χ2v) is 9.15. The van der Waals surface area contributed by atoms with Crippen molar-refractivity contribution in [1.29, 1.82) is 0 Å². The Hall–Kier alpha value is -3.56. The van der Waals surface area contributed by atoms with Gasteiger partial charge in [0.05, 0.1) is 11.0 Å². The fourth-order valence-corrected chi connectivity index (χ4v) is 6.36. The van der Waals surface area contributed by atoms with E-state index in [1.54, 1.807) is 0 Å². The van der Waals surface area contributed by atoms with Crippen molar-refractivity contribution >= 4 is 48.7 Å². The van der Waals surface area contributed by atoms with Crippen molar-refractivity contribution in [3.05, 3.63) is 102 Å². The quantitative estimate of drug-likeness (QED) is 0.273. The van der Waals surface area contributed by atoms with Crippen LogP contribution in [0.25, 0.3) is 48.8 Å². The summed E-state index contributed by atoms with van der Waals surface area (Å²) >= 11 is 1.89. The molecule has 0 radical (unpaired) electrons. The smallest absolute Gasteiger partial charge is 0.111 e. The third-order valence-electron chi connectivity index (χ3n) is 6.39. The maximum atomic E-state index is 2.52. The van der Waals surface area contributed by atoms with Gasteiger partial charge in [-0.2, -0.15) is 0 Å². The second-order valence-electron chi connectivity index (χ2n) is 8.12. The Labute approximate surface area is 184 Å². The zero-order valence-corrected chi connectivity index (χ0v) is 17.8. The van der Waals surface area contributed by atoms with Crippen LogP contribution in [-0.2, 0) is 6.42 Å². The molecule has 3 heterocycles. The highest BCUT2D eigenvalue weighted by Gasteiger charge is 2.27. The fourth-order valence-electron chi connectivity index (χ4n) is 5.13. The van der Waals surface area contributed by atoms with E-state index in [4.69, 9.17) is 0 Å². The van der Waals surface area contributed by atoms with Crippen LogP contribution in [0.5, 0.6) is 0 Å². The number of fused-ring (bicyclic) bond motifs is 7. The van der Waals surface area contributed by atoms with Gasteiger partial charge in [0.1, 0.15) is 4.83 Å². The van der Waals surface area contributed by atoms with E-state index < -0.39 is 0 Å². The average molecular weight is 417 g/mol. The minimum Gasteiger partial charge on any atom is -0.311 e. The topological polar surface area (TPSA) is 9.86 Å². The largest absolute Gasteiger partial charge is 0.311 e. The minimum atomic E-state index is 1.06. The summed E-state index contributed by atoms with van der Waals surface area (Å²) in [6, 6.07) is 30.5. The van der Waals surface area contributed by atoms with Crippen LogP contribution in [-0.4, -0.2) is 9.13 Å². The summed E-state index contributed by atoms with van der Waals surface area (Å²) in [5.41, 5.74) is 7.90. The predicted octanol–water partition coefficient (Wildman–Crippen LogP) is 7.75. The van der Waals surface area contributed by atoms with Crippen LogP contribution in [0.2, 0.25) is 0 Å². The lowest BCUT2D eigenvalue weighted by atomic mass is 10.0. The molecule has 148 valence electrons. The number of benzene rings is 3. The number of thiophene rings is 1. The van der Waals surface area contributed by atoms with Crippen LogP contribution in [0.3, 0.4) is 0 Å². The molecule has 3 aromatic heterocycles. The first-order valence-corrected chi connectivity index (χ1v) is 11.6. The highest BCUT2D eigenvalue weighted by atomic mass is 32.1. The molecule has 0 aliphatic heterocycles. The molecule has 1 aliphatic carbocycles. The average Bonchev–Trinajstić information content (AvgIpc) is 3.46. The van der Waals surface area contributed by atoms with Gasteiger partial charge in [-0.05, 0) is 43.2 Å². The molecular formula is C28H20N2S. The van der Waals surface area contributed by atoms with Gasteiger partial charge in [0, 0.05) is 38.1 Å². The highest BCUT2D eigenvalue weighted by molar-refractivity contribution is 7.25. The Kier molecular flexibility index (Phi) is 3.58. The number of aromatic nitrogens is 2. The fraction of sp³-hybridized carbons (Fsp3) is 0.0714. The van der Waals surface area contributed by atoms with Gasteiger partial charge >= 0.3 is 0 Å². The first-order chi connectivity index (χ1) is 15.4. The van der Waals surface area contributed by atoms with Crippen LogP contribution < -0.4 is 0 Å². The Morgan fingerprint density at radius 1 is 0.677 bits per heavy atom. The third-order valence-corrected chi connectivity index (χ3v) is 7.54. The summed E-state index contributed by atoms with van der Waals surface area (Å²) in [5.74, 6) is 0. The van der Waals surface area contributed by atoms with Crippen molar-refractivity contribution in [2.45, 2.75) is 12.8 Å². The van der Waals surface area contributed by atoms with Gasteiger partial charge in [-0.3, -0.25) is 4.57 Å². The number of allylic oxidation sites excluding steroid dienone is 1. The normalized spacial score (nSPS) is 13.4. The molecule has 0 saturated carbocycles. The van der Waals surface area contributed by atoms with Crippen LogP contribution in [0, 0.1) is 0 Å². The summed E-state index contributed by atoms with van der Waals surface area (Å²) in [7, 11) is 0. The van der Waals surface area contributed by atoms with Crippen molar-refractivity contribution in [3.63, 3.8) is 0 Å². The predicted molar refractivity (Wildman–Crippen MR) is 133 cm³/mol. The Morgan fingerprint density at radius 3 is 2.13 bits per heavy atom. The molecule has 1 aliphatic rings. The van der Waals surface area contributed by atoms with E-state index in [0.29, 0.717) is 0 Å². The van der Waals surface area contributed by atoms with Gasteiger partial charge in [0.25, 0.3) is 0 Å². The Balaban J connectivity index is 1.78. The van der Waals surface area contributed by atoms with Gasteiger partial charge < -0.3 is 4.57 Å². The lowest BCUT2D eigenvalue weighted by Crippen LogP contribution is -2.03. The molecular weight excluding hydrogens is 396 g/mol. The molecule has 2 nitrogen and oxygen atoms in total. The summed E-state index contributed by atoms with van der Waals surface area (Å²) < 4.78 is 6.35. The molecule has 31 heavy (non-hydrogen) atoms. The molecule has 0 spiro atoms. The zero-order chi connectivity index (χ0) is 20.4. The summed E-state index contributed by atoms with van der Waals surface area (Å²) in [4.78, 5) is 1.32. The third kappa shape index (κ3) is 2.32. The SMILES string of the molecule is C1=Cc2c(n(-c3ccccc3)c3c4c5ccccc5sc4n(-c4ccccc4)c23)CC1. The molecule has 0 fully saturated rings. The van der Waals surface area contributed by atoms with E-state index in [1.807, 2.05) is 11.3 Å². The Morgan fingerprint density at radius 2 is 1.35 bits per heavy atom. The van der Waals surface area contributed by atoms with Crippen molar-refractivity contribution in [1.82, 2.24) is 9.13 Å². The van der Waals surface area contributed by atoms with E-state index in [1.165, 1.54) is 54.0 Å². The van der Waals surface area contributed by atoms with Crippen molar-refractivity contribution in [3.8, 4) is 11.4 Å². The Bertz CT molecular complexity index is 1610. The van der Waals surface area contributed by atoms with Crippen molar-refractivity contribution in [2.75, 3.05) is 0 Å². The van der Waals surface area contributed by atoms with Crippen LogP contribution in [0.15, 0.2) is 91.0 Å². The molecule has 7 rings (SSSR count). The molecule has 6 aromatic rings. The molecule has 0 unspecified atom stereocenters. The van der Waals surface area contributed by atoms with Gasteiger partial charge in [-0.25, -0.2) is 0 Å². The van der Waals surface area contributed by atoms with Crippen molar-refractivity contribution in [2.24, 2.45) is 0 Å². The lowest BCUT2D eigenvalue weighted by Gasteiger charge is -2.14. The van der Waals surface area contributed by atoms with E-state index >= 15 is 0 Å². The molecule has 0 atom stereocenters. The van der Waals surface area contributed by atoms with Gasteiger partial charge in [-0.15, -0.1) is 11.3 Å². The molecule has 0 N–H and O–H groups in total. The van der Waals surface area contributed by atoms with E-state index in [9.17, 15) is 0 Å². The minimum absolute atomic E-state index is 1.06. The van der Waals surface area contributed by atoms with Gasteiger partial charge in [0.15, 0.2) is 0 Å². The maximum Gasteiger partial charge on any atom is 0.111 e. The maximum absolute atomic E-state index is 2.52. The van der Waals surface area contributed by atoms with Crippen molar-refractivity contribution < 1.29 is 0 Å². The number of rotatable bonds is 2. The standard InChI is InChI=1S/C28H20N2S/c1-3-11-19(12-4-1)29-23-17-9-7-15-21(23)26-27(29)25-22-16-8-10-18-24(22)31-28(25)30(26)20-13-5-2-6-14-20/h1-8,10-16,18H,9,17H2. The second kappa shape index (κ2) is 6.47. The van der Waals surface area contributed by atoms with Crippen LogP contribution in [0.4, 0.5) is 0 Å². The summed E-state index contributed by atoms with van der Waals surface area (Å²) in [6.45, 7) is 0. The van der Waals surface area contributed by atoms with Crippen LogP contribution >= 0.6 is 11.3 Å². The lowest BCUT2D eigenvalue weighted by molar-refractivity contribution is 0.889. The highest BCUT2D eigenvalue weighted by Crippen LogP contribution is 2.46. The van der Waals surface area contributed by atoms with Gasteiger partial charge in [0.2, 0.25) is 0 Å². The first kappa shape index (κ1) is 17.2. The van der Waals surface area contributed by atoms with E-state index in [-0.39, 0.29) is 0 Å². The molecule has 3 aromatic carbocycles. The zero-order valence-electron chi connectivity index (χ0n) is 17.0. The number of hydrogen-bond acceptors (Lipinski definition) is 1. The van der Waals surface area contributed by atoms with Gasteiger partial charge in [-0.1, -0.05) is 66.7 Å². The monoisotopic (exact) mass is 416 g/mol. The van der Waals surface area contributed by atoms with E-state index in [2.05, 4.69) is 106 Å². The molecule has 3 heteroatoms. The van der Waals surface area contributed by atoms with E-state index in [0.717, 1.165) is 12.8 Å². The number of hydrogen-bond donors (Lipinski definition) is 0. The molecule has 0 amide bonds. The number of para-hydroxylation sites is 2. The molecule has 0 saturated heterocycles. The molecule has 0 bridgehead atoms. The summed E-state index contributed by atoms with van der Waals surface area (Å²) in [5, 5.41) is 2.71. The van der Waals surface area contributed by atoms with Crippen LogP contribution in [0.1, 0.15) is 17.7 Å².